The van der Waals surface area contributed by atoms with E-state index >= 15 is 0 Å². The summed E-state index contributed by atoms with van der Waals surface area (Å²) in [6, 6.07) is 15.2. The fourth-order valence-electron chi connectivity index (χ4n) is 2.43. The molecule has 100 valence electrons. The minimum absolute atomic E-state index is 0.00819. The van der Waals surface area contributed by atoms with Gasteiger partial charge in [-0.05, 0) is 18.6 Å². The maximum absolute atomic E-state index is 12.6. The molecule has 0 fully saturated rings. The highest BCUT2D eigenvalue weighted by atomic mass is 16.3. The highest BCUT2D eigenvalue weighted by molar-refractivity contribution is 5.83. The Morgan fingerprint density at radius 2 is 1.80 bits per heavy atom. The van der Waals surface area contributed by atoms with Gasteiger partial charge in [0.25, 0.3) is 0 Å². The van der Waals surface area contributed by atoms with Crippen LogP contribution in [-0.2, 0) is 6.54 Å². The van der Waals surface area contributed by atoms with Crippen molar-refractivity contribution < 1.29 is 4.42 Å². The van der Waals surface area contributed by atoms with Crippen LogP contribution in [0.2, 0.25) is 0 Å². The molecule has 2 N–H and O–H groups in total. The predicted octanol–water partition coefficient (Wildman–Crippen LogP) is 3.23. The van der Waals surface area contributed by atoms with Gasteiger partial charge in [0.2, 0.25) is 0 Å². The molecule has 0 saturated carbocycles. The van der Waals surface area contributed by atoms with Crippen molar-refractivity contribution >= 4 is 11.0 Å². The van der Waals surface area contributed by atoms with E-state index in [1.165, 1.54) is 0 Å². The van der Waals surface area contributed by atoms with Gasteiger partial charge >= 0.3 is 0 Å². The van der Waals surface area contributed by atoms with Crippen molar-refractivity contribution in [3.8, 4) is 11.3 Å². The largest absolute Gasteiger partial charge is 0.456 e. The molecule has 1 heterocycles. The molecule has 0 saturated heterocycles. The van der Waals surface area contributed by atoms with E-state index in [9.17, 15) is 4.79 Å². The van der Waals surface area contributed by atoms with Crippen molar-refractivity contribution in [2.24, 2.45) is 5.73 Å². The van der Waals surface area contributed by atoms with Gasteiger partial charge in [-0.15, -0.1) is 0 Å². The number of fused-ring (bicyclic) bond motifs is 1. The van der Waals surface area contributed by atoms with Crippen LogP contribution in [0.15, 0.2) is 57.7 Å². The molecular formula is C17H15NO2. The molecule has 3 heteroatoms. The molecule has 3 rings (SSSR count). The second kappa shape index (κ2) is 4.94. The molecule has 0 radical (unpaired) electrons. The first-order valence-electron chi connectivity index (χ1n) is 6.53. The lowest BCUT2D eigenvalue weighted by atomic mass is 10.0. The molecule has 3 aromatic rings. The Bertz CT molecular complexity index is 820. The lowest BCUT2D eigenvalue weighted by Crippen LogP contribution is -2.11. The third-order valence-corrected chi connectivity index (χ3v) is 3.49. The maximum atomic E-state index is 12.6. The van der Waals surface area contributed by atoms with Crippen LogP contribution in [0.4, 0.5) is 0 Å². The number of hydrogen-bond acceptors (Lipinski definition) is 3. The first-order chi connectivity index (χ1) is 9.72. The van der Waals surface area contributed by atoms with Crippen LogP contribution < -0.4 is 11.2 Å². The SMILES string of the molecule is Cc1c(-c2ccccc2)oc2cccc(CN)c2c1=O. The maximum Gasteiger partial charge on any atom is 0.196 e. The Labute approximate surface area is 116 Å². The van der Waals surface area contributed by atoms with E-state index in [0.29, 0.717) is 28.8 Å². The van der Waals surface area contributed by atoms with Crippen LogP contribution in [0.1, 0.15) is 11.1 Å². The molecule has 3 nitrogen and oxygen atoms in total. The topological polar surface area (TPSA) is 56.2 Å². The standard InChI is InChI=1S/C17H15NO2/c1-11-16(19)15-13(10-18)8-5-9-14(15)20-17(11)12-6-3-2-4-7-12/h2-9H,10,18H2,1H3. The molecule has 0 unspecified atom stereocenters. The van der Waals surface area contributed by atoms with E-state index in [2.05, 4.69) is 0 Å². The molecule has 0 atom stereocenters. The average molecular weight is 265 g/mol. The second-order valence-corrected chi connectivity index (χ2v) is 4.75. The third kappa shape index (κ3) is 1.92. The average Bonchev–Trinajstić information content (AvgIpc) is 2.51. The van der Waals surface area contributed by atoms with Crippen molar-refractivity contribution in [1.29, 1.82) is 0 Å². The van der Waals surface area contributed by atoms with Crippen LogP contribution in [0.25, 0.3) is 22.3 Å². The lowest BCUT2D eigenvalue weighted by Gasteiger charge is -2.09. The smallest absolute Gasteiger partial charge is 0.196 e. The minimum Gasteiger partial charge on any atom is -0.456 e. The first kappa shape index (κ1) is 12.6. The van der Waals surface area contributed by atoms with Crippen LogP contribution in [0.5, 0.6) is 0 Å². The first-order valence-corrected chi connectivity index (χ1v) is 6.53. The zero-order valence-electron chi connectivity index (χ0n) is 11.2. The Kier molecular flexibility index (Phi) is 3.12. The second-order valence-electron chi connectivity index (χ2n) is 4.75. The summed E-state index contributed by atoms with van der Waals surface area (Å²) < 4.78 is 5.95. The van der Waals surface area contributed by atoms with E-state index in [1.54, 1.807) is 6.92 Å². The van der Waals surface area contributed by atoms with Gasteiger partial charge in [-0.25, -0.2) is 0 Å². The summed E-state index contributed by atoms with van der Waals surface area (Å²) >= 11 is 0. The van der Waals surface area contributed by atoms with Crippen molar-refractivity contribution in [2.75, 3.05) is 0 Å². The molecule has 0 amide bonds. The van der Waals surface area contributed by atoms with E-state index in [0.717, 1.165) is 11.1 Å². The van der Waals surface area contributed by atoms with E-state index in [4.69, 9.17) is 10.2 Å². The van der Waals surface area contributed by atoms with Crippen LogP contribution in [0.3, 0.4) is 0 Å². The Morgan fingerprint density at radius 3 is 2.50 bits per heavy atom. The summed E-state index contributed by atoms with van der Waals surface area (Å²) in [7, 11) is 0. The zero-order chi connectivity index (χ0) is 14.1. The van der Waals surface area contributed by atoms with Gasteiger partial charge in [0.15, 0.2) is 5.43 Å². The lowest BCUT2D eigenvalue weighted by molar-refractivity contribution is 0.613. The fourth-order valence-corrected chi connectivity index (χ4v) is 2.43. The van der Waals surface area contributed by atoms with Gasteiger partial charge in [0, 0.05) is 17.7 Å². The minimum atomic E-state index is -0.00819. The number of nitrogens with two attached hydrogens (primary N) is 1. The molecule has 1 aromatic heterocycles. The summed E-state index contributed by atoms with van der Waals surface area (Å²) in [6.07, 6.45) is 0. The molecule has 20 heavy (non-hydrogen) atoms. The molecule has 0 bridgehead atoms. The quantitative estimate of drug-likeness (QED) is 0.774. The summed E-state index contributed by atoms with van der Waals surface area (Å²) in [5, 5.41) is 0.590. The van der Waals surface area contributed by atoms with Crippen LogP contribution in [0, 0.1) is 6.92 Å². The Hall–Kier alpha value is -2.39. The van der Waals surface area contributed by atoms with E-state index in [1.807, 2.05) is 48.5 Å². The highest BCUT2D eigenvalue weighted by Crippen LogP contribution is 2.26. The van der Waals surface area contributed by atoms with Gasteiger partial charge in [-0.3, -0.25) is 4.79 Å². The molecule has 0 aliphatic heterocycles. The summed E-state index contributed by atoms with van der Waals surface area (Å²) in [4.78, 5) is 12.6. The number of hydrogen-bond donors (Lipinski definition) is 1. The summed E-state index contributed by atoms with van der Waals surface area (Å²) in [5.74, 6) is 0.622. The fraction of sp³-hybridized carbons (Fsp3) is 0.118. The molecule has 0 aliphatic rings. The van der Waals surface area contributed by atoms with Crippen molar-refractivity contribution in [3.63, 3.8) is 0 Å². The van der Waals surface area contributed by atoms with Gasteiger partial charge in [0.1, 0.15) is 11.3 Å². The van der Waals surface area contributed by atoms with Gasteiger partial charge in [-0.1, -0.05) is 42.5 Å². The monoisotopic (exact) mass is 265 g/mol. The number of rotatable bonds is 2. The van der Waals surface area contributed by atoms with Crippen LogP contribution in [-0.4, -0.2) is 0 Å². The summed E-state index contributed by atoms with van der Waals surface area (Å²) in [6.45, 7) is 2.12. The van der Waals surface area contributed by atoms with Crippen molar-refractivity contribution in [3.05, 3.63) is 69.9 Å². The Balaban J connectivity index is 2.38. The van der Waals surface area contributed by atoms with Gasteiger partial charge < -0.3 is 10.2 Å². The zero-order valence-corrected chi connectivity index (χ0v) is 11.2. The predicted molar refractivity (Wildman–Crippen MR) is 80.5 cm³/mol. The van der Waals surface area contributed by atoms with Crippen molar-refractivity contribution in [1.82, 2.24) is 0 Å². The van der Waals surface area contributed by atoms with E-state index in [-0.39, 0.29) is 5.43 Å². The molecular weight excluding hydrogens is 250 g/mol. The normalized spacial score (nSPS) is 10.9. The van der Waals surface area contributed by atoms with Crippen molar-refractivity contribution in [2.45, 2.75) is 13.5 Å². The number of benzene rings is 2. The highest BCUT2D eigenvalue weighted by Gasteiger charge is 2.14. The van der Waals surface area contributed by atoms with Crippen LogP contribution >= 0.6 is 0 Å². The third-order valence-electron chi connectivity index (χ3n) is 3.49. The molecule has 2 aromatic carbocycles. The molecule has 0 spiro atoms. The van der Waals surface area contributed by atoms with Gasteiger partial charge in [0.05, 0.1) is 5.39 Å². The molecule has 0 aliphatic carbocycles. The van der Waals surface area contributed by atoms with Gasteiger partial charge in [-0.2, -0.15) is 0 Å². The van der Waals surface area contributed by atoms with E-state index < -0.39 is 0 Å². The Morgan fingerprint density at radius 1 is 1.05 bits per heavy atom. The summed E-state index contributed by atoms with van der Waals surface area (Å²) in [5.41, 5.74) is 8.62.